The Kier molecular flexibility index (Phi) is 5.34. The Bertz CT molecular complexity index is 443. The maximum atomic E-state index is 14.1. The lowest BCUT2D eigenvalue weighted by Gasteiger charge is -2.30. The SMILES string of the molecule is CCCNCc1cccc(F)c1N1CCS(=O)CC1. The van der Waals surface area contributed by atoms with Gasteiger partial charge in [0.05, 0.1) is 5.69 Å². The third-order valence-electron chi connectivity index (χ3n) is 3.31. The van der Waals surface area contributed by atoms with Crippen molar-refractivity contribution in [2.24, 2.45) is 0 Å². The minimum Gasteiger partial charge on any atom is -0.367 e. The second-order valence-corrected chi connectivity index (χ2v) is 6.46. The fourth-order valence-corrected chi connectivity index (χ4v) is 3.37. The predicted molar refractivity (Wildman–Crippen MR) is 78.5 cm³/mol. The molecule has 0 atom stereocenters. The standard InChI is InChI=1S/C14H21FN2OS/c1-2-6-16-11-12-4-3-5-13(15)14(12)17-7-9-19(18)10-8-17/h3-5,16H,2,6-11H2,1H3. The first-order chi connectivity index (χ1) is 9.22. The van der Waals surface area contributed by atoms with Crippen LogP contribution in [0.5, 0.6) is 0 Å². The summed E-state index contributed by atoms with van der Waals surface area (Å²) in [6, 6.07) is 5.22. The number of hydrogen-bond donors (Lipinski definition) is 1. The summed E-state index contributed by atoms with van der Waals surface area (Å²) in [6.45, 7) is 5.07. The number of nitrogens with one attached hydrogen (secondary N) is 1. The average molecular weight is 284 g/mol. The van der Waals surface area contributed by atoms with E-state index in [1.165, 1.54) is 6.07 Å². The average Bonchev–Trinajstić information content (AvgIpc) is 2.41. The largest absolute Gasteiger partial charge is 0.367 e. The van der Waals surface area contributed by atoms with Gasteiger partial charge in [0, 0.05) is 41.9 Å². The summed E-state index contributed by atoms with van der Waals surface area (Å²) < 4.78 is 25.5. The fraction of sp³-hybridized carbons (Fsp3) is 0.571. The number of nitrogens with zero attached hydrogens (tertiary/aromatic N) is 1. The van der Waals surface area contributed by atoms with Crippen LogP contribution in [0.3, 0.4) is 0 Å². The molecule has 19 heavy (non-hydrogen) atoms. The number of halogens is 1. The van der Waals surface area contributed by atoms with Gasteiger partial charge >= 0.3 is 0 Å². The molecule has 1 N–H and O–H groups in total. The van der Waals surface area contributed by atoms with Gasteiger partial charge in [0.1, 0.15) is 5.82 Å². The molecule has 1 fully saturated rings. The maximum Gasteiger partial charge on any atom is 0.146 e. The first-order valence-corrected chi connectivity index (χ1v) is 8.29. The molecule has 1 aliphatic rings. The van der Waals surface area contributed by atoms with Crippen LogP contribution in [0.15, 0.2) is 18.2 Å². The minimum atomic E-state index is -0.734. The predicted octanol–water partition coefficient (Wildman–Crippen LogP) is 1.89. The van der Waals surface area contributed by atoms with Gasteiger partial charge in [-0.05, 0) is 24.6 Å². The Morgan fingerprint density at radius 3 is 2.79 bits per heavy atom. The molecule has 1 aromatic carbocycles. The summed E-state index contributed by atoms with van der Waals surface area (Å²) in [6.07, 6.45) is 1.06. The minimum absolute atomic E-state index is 0.177. The zero-order chi connectivity index (χ0) is 13.7. The highest BCUT2D eigenvalue weighted by atomic mass is 32.2. The summed E-state index contributed by atoms with van der Waals surface area (Å²) in [7, 11) is -0.734. The second-order valence-electron chi connectivity index (χ2n) is 4.76. The molecule has 0 unspecified atom stereocenters. The Morgan fingerprint density at radius 1 is 1.37 bits per heavy atom. The van der Waals surface area contributed by atoms with E-state index >= 15 is 0 Å². The van der Waals surface area contributed by atoms with Crippen molar-refractivity contribution < 1.29 is 8.60 Å². The van der Waals surface area contributed by atoms with Gasteiger partial charge in [-0.1, -0.05) is 19.1 Å². The van der Waals surface area contributed by atoms with Crippen LogP contribution in [0, 0.1) is 5.82 Å². The smallest absolute Gasteiger partial charge is 0.146 e. The number of hydrogen-bond acceptors (Lipinski definition) is 3. The van der Waals surface area contributed by atoms with Crippen molar-refractivity contribution in [3.8, 4) is 0 Å². The van der Waals surface area contributed by atoms with Crippen molar-refractivity contribution in [2.75, 3.05) is 36.0 Å². The Labute approximate surface area is 116 Å². The molecular formula is C14H21FN2OS. The molecule has 2 rings (SSSR count). The Hall–Kier alpha value is -0.940. The monoisotopic (exact) mass is 284 g/mol. The first-order valence-electron chi connectivity index (χ1n) is 6.80. The van der Waals surface area contributed by atoms with Gasteiger partial charge in [0.2, 0.25) is 0 Å². The van der Waals surface area contributed by atoms with E-state index in [4.69, 9.17) is 0 Å². The molecule has 0 saturated carbocycles. The summed E-state index contributed by atoms with van der Waals surface area (Å²) >= 11 is 0. The van der Waals surface area contributed by atoms with Crippen LogP contribution in [0.25, 0.3) is 0 Å². The molecule has 0 bridgehead atoms. The van der Waals surface area contributed by atoms with Gasteiger partial charge in [0.15, 0.2) is 0 Å². The van der Waals surface area contributed by atoms with Gasteiger partial charge in [-0.25, -0.2) is 4.39 Å². The number of para-hydroxylation sites is 1. The van der Waals surface area contributed by atoms with Gasteiger partial charge < -0.3 is 10.2 Å². The molecule has 0 radical (unpaired) electrons. The zero-order valence-corrected chi connectivity index (χ0v) is 12.1. The third-order valence-corrected chi connectivity index (χ3v) is 4.58. The van der Waals surface area contributed by atoms with Crippen LogP contribution in [0.4, 0.5) is 10.1 Å². The fourth-order valence-electron chi connectivity index (χ4n) is 2.32. The summed E-state index contributed by atoms with van der Waals surface area (Å²) in [4.78, 5) is 2.03. The van der Waals surface area contributed by atoms with Gasteiger partial charge in [-0.3, -0.25) is 4.21 Å². The lowest BCUT2D eigenvalue weighted by Crippen LogP contribution is -2.39. The molecule has 1 aromatic rings. The zero-order valence-electron chi connectivity index (χ0n) is 11.3. The molecule has 106 valence electrons. The summed E-state index contributed by atoms with van der Waals surface area (Å²) in [5, 5.41) is 3.31. The molecule has 0 aliphatic carbocycles. The normalized spacial score (nSPS) is 16.8. The van der Waals surface area contributed by atoms with Crippen LogP contribution < -0.4 is 10.2 Å². The van der Waals surface area contributed by atoms with Gasteiger partial charge in [0.25, 0.3) is 0 Å². The highest BCUT2D eigenvalue weighted by Gasteiger charge is 2.20. The molecule has 5 heteroatoms. The lowest BCUT2D eigenvalue weighted by atomic mass is 10.1. The van der Waals surface area contributed by atoms with Crippen LogP contribution in [0.1, 0.15) is 18.9 Å². The van der Waals surface area contributed by atoms with Crippen LogP contribution in [0.2, 0.25) is 0 Å². The topological polar surface area (TPSA) is 32.3 Å². The van der Waals surface area contributed by atoms with Crippen molar-refractivity contribution in [1.29, 1.82) is 0 Å². The van der Waals surface area contributed by atoms with Crippen molar-refractivity contribution in [1.82, 2.24) is 5.32 Å². The van der Waals surface area contributed by atoms with E-state index in [0.29, 0.717) is 36.8 Å². The molecule has 1 aliphatic heterocycles. The lowest BCUT2D eigenvalue weighted by molar-refractivity contribution is 0.608. The van der Waals surface area contributed by atoms with Crippen LogP contribution in [-0.4, -0.2) is 35.3 Å². The van der Waals surface area contributed by atoms with Crippen LogP contribution >= 0.6 is 0 Å². The number of anilines is 1. The molecule has 1 heterocycles. The van der Waals surface area contributed by atoms with Crippen LogP contribution in [-0.2, 0) is 17.3 Å². The van der Waals surface area contributed by atoms with E-state index < -0.39 is 10.8 Å². The molecule has 3 nitrogen and oxygen atoms in total. The van der Waals surface area contributed by atoms with Crippen molar-refractivity contribution in [3.05, 3.63) is 29.6 Å². The van der Waals surface area contributed by atoms with E-state index in [0.717, 1.165) is 18.5 Å². The Balaban J connectivity index is 2.15. The highest BCUT2D eigenvalue weighted by Crippen LogP contribution is 2.25. The quantitative estimate of drug-likeness (QED) is 0.838. The summed E-state index contributed by atoms with van der Waals surface area (Å²) in [5.41, 5.74) is 1.67. The maximum absolute atomic E-state index is 14.1. The van der Waals surface area contributed by atoms with Gasteiger partial charge in [-0.2, -0.15) is 0 Å². The van der Waals surface area contributed by atoms with Crippen molar-refractivity contribution in [3.63, 3.8) is 0 Å². The first kappa shape index (κ1) is 14.5. The van der Waals surface area contributed by atoms with Crippen molar-refractivity contribution in [2.45, 2.75) is 19.9 Å². The third kappa shape index (κ3) is 3.76. The van der Waals surface area contributed by atoms with Crippen molar-refractivity contribution >= 4 is 16.5 Å². The molecule has 0 amide bonds. The highest BCUT2D eigenvalue weighted by molar-refractivity contribution is 7.85. The van der Waals surface area contributed by atoms with E-state index in [1.807, 2.05) is 11.0 Å². The molecular weight excluding hydrogens is 263 g/mol. The van der Waals surface area contributed by atoms with E-state index in [9.17, 15) is 8.60 Å². The van der Waals surface area contributed by atoms with E-state index in [2.05, 4.69) is 12.2 Å². The van der Waals surface area contributed by atoms with Gasteiger partial charge in [-0.15, -0.1) is 0 Å². The van der Waals surface area contributed by atoms with E-state index in [1.54, 1.807) is 6.07 Å². The number of benzene rings is 1. The summed E-state index contributed by atoms with van der Waals surface area (Å²) in [5.74, 6) is 1.09. The molecule has 0 aromatic heterocycles. The second kappa shape index (κ2) is 7.01. The molecule has 0 spiro atoms. The Morgan fingerprint density at radius 2 is 2.11 bits per heavy atom. The molecule has 1 saturated heterocycles. The van der Waals surface area contributed by atoms with E-state index in [-0.39, 0.29) is 5.82 Å². The number of rotatable bonds is 5.